The second-order valence-corrected chi connectivity index (χ2v) is 6.48. The second kappa shape index (κ2) is 8.68. The molecule has 1 amide bonds. The molecule has 1 unspecified atom stereocenters. The number of piperazine rings is 1. The Morgan fingerprint density at radius 3 is 2.76 bits per heavy atom. The van der Waals surface area contributed by atoms with E-state index >= 15 is 0 Å². The van der Waals surface area contributed by atoms with Crippen molar-refractivity contribution in [2.24, 2.45) is 5.92 Å². The van der Waals surface area contributed by atoms with E-state index in [4.69, 9.17) is 4.74 Å². The maximum absolute atomic E-state index is 12.0. The molecule has 0 aromatic carbocycles. The highest BCUT2D eigenvalue weighted by atomic mass is 16.5. The van der Waals surface area contributed by atoms with Gasteiger partial charge in [0, 0.05) is 52.4 Å². The van der Waals surface area contributed by atoms with Gasteiger partial charge in [0.25, 0.3) is 0 Å². The van der Waals surface area contributed by atoms with E-state index in [2.05, 4.69) is 34.3 Å². The summed E-state index contributed by atoms with van der Waals surface area (Å²) in [7, 11) is 0. The molecule has 0 aromatic rings. The number of nitrogens with one attached hydrogen (secondary N) is 2. The van der Waals surface area contributed by atoms with Crippen molar-refractivity contribution in [2.75, 3.05) is 65.5 Å². The van der Waals surface area contributed by atoms with Gasteiger partial charge in [0.1, 0.15) is 0 Å². The molecule has 2 aliphatic rings. The largest absolute Gasteiger partial charge is 0.374 e. The second-order valence-electron chi connectivity index (χ2n) is 6.48. The molecule has 2 heterocycles. The topological polar surface area (TPSA) is 56.8 Å². The summed E-state index contributed by atoms with van der Waals surface area (Å²) in [6.07, 6.45) is 0.129. The molecular weight excluding hydrogens is 268 g/mol. The Balaban J connectivity index is 1.63. The van der Waals surface area contributed by atoms with Crippen molar-refractivity contribution in [3.05, 3.63) is 0 Å². The zero-order valence-electron chi connectivity index (χ0n) is 13.4. The van der Waals surface area contributed by atoms with E-state index in [1.807, 2.05) is 0 Å². The van der Waals surface area contributed by atoms with E-state index in [9.17, 15) is 4.79 Å². The number of morpholine rings is 1. The summed E-state index contributed by atoms with van der Waals surface area (Å²) in [4.78, 5) is 16.6. The average Bonchev–Trinajstić information content (AvgIpc) is 2.46. The molecule has 0 aromatic heterocycles. The van der Waals surface area contributed by atoms with Crippen LogP contribution in [0.15, 0.2) is 0 Å². The van der Waals surface area contributed by atoms with Gasteiger partial charge < -0.3 is 15.4 Å². The van der Waals surface area contributed by atoms with Crippen molar-refractivity contribution in [3.8, 4) is 0 Å². The maximum atomic E-state index is 12.0. The highest BCUT2D eigenvalue weighted by Gasteiger charge is 2.22. The van der Waals surface area contributed by atoms with Crippen molar-refractivity contribution in [1.82, 2.24) is 20.4 Å². The minimum Gasteiger partial charge on any atom is -0.374 e. The first kappa shape index (κ1) is 16.7. The molecule has 2 aliphatic heterocycles. The summed E-state index contributed by atoms with van der Waals surface area (Å²) >= 11 is 0. The molecular formula is C15H30N4O2. The van der Waals surface area contributed by atoms with Crippen molar-refractivity contribution in [1.29, 1.82) is 0 Å². The molecule has 2 rings (SSSR count). The van der Waals surface area contributed by atoms with Crippen molar-refractivity contribution in [3.63, 3.8) is 0 Å². The van der Waals surface area contributed by atoms with Gasteiger partial charge in [-0.3, -0.25) is 14.6 Å². The van der Waals surface area contributed by atoms with E-state index < -0.39 is 0 Å². The van der Waals surface area contributed by atoms with Crippen LogP contribution in [0.3, 0.4) is 0 Å². The van der Waals surface area contributed by atoms with Crippen LogP contribution >= 0.6 is 0 Å². The Labute approximate surface area is 128 Å². The highest BCUT2D eigenvalue weighted by Crippen LogP contribution is 2.07. The summed E-state index contributed by atoms with van der Waals surface area (Å²) in [5, 5.41) is 6.31. The van der Waals surface area contributed by atoms with Gasteiger partial charge in [-0.05, 0) is 5.92 Å². The third kappa shape index (κ3) is 6.30. The molecule has 0 radical (unpaired) electrons. The lowest BCUT2D eigenvalue weighted by Gasteiger charge is -2.34. The first-order valence-corrected chi connectivity index (χ1v) is 8.17. The molecule has 122 valence electrons. The van der Waals surface area contributed by atoms with E-state index in [-0.39, 0.29) is 12.0 Å². The first-order valence-electron chi connectivity index (χ1n) is 8.17. The predicted molar refractivity (Wildman–Crippen MR) is 83.3 cm³/mol. The Morgan fingerprint density at radius 2 is 2.05 bits per heavy atom. The van der Waals surface area contributed by atoms with Gasteiger partial charge >= 0.3 is 0 Å². The Morgan fingerprint density at radius 1 is 1.29 bits per heavy atom. The fraction of sp³-hybridized carbons (Fsp3) is 0.933. The molecule has 2 N–H and O–H groups in total. The van der Waals surface area contributed by atoms with E-state index in [0.717, 1.165) is 52.4 Å². The number of hydrogen-bond donors (Lipinski definition) is 2. The van der Waals surface area contributed by atoms with Crippen LogP contribution in [0.2, 0.25) is 0 Å². The summed E-state index contributed by atoms with van der Waals surface area (Å²) < 4.78 is 5.75. The zero-order valence-corrected chi connectivity index (χ0v) is 13.4. The van der Waals surface area contributed by atoms with Crippen LogP contribution in [0.4, 0.5) is 0 Å². The van der Waals surface area contributed by atoms with Crippen molar-refractivity contribution >= 4 is 5.91 Å². The minimum absolute atomic E-state index is 0.112. The molecule has 0 bridgehead atoms. The molecule has 21 heavy (non-hydrogen) atoms. The summed E-state index contributed by atoms with van der Waals surface area (Å²) in [6.45, 7) is 13.3. The Kier molecular flexibility index (Phi) is 6.89. The number of hydrogen-bond acceptors (Lipinski definition) is 5. The molecule has 2 saturated heterocycles. The summed E-state index contributed by atoms with van der Waals surface area (Å²) in [6, 6.07) is 0. The van der Waals surface area contributed by atoms with Gasteiger partial charge in [-0.1, -0.05) is 13.8 Å². The molecule has 6 heteroatoms. The molecule has 0 saturated carbocycles. The SMILES string of the molecule is CC(C)CN1CCOC(CNC(=O)CN2CCNCC2)C1. The van der Waals surface area contributed by atoms with Crippen LogP contribution in [0.1, 0.15) is 13.8 Å². The predicted octanol–water partition coefficient (Wildman–Crippen LogP) is -0.635. The van der Waals surface area contributed by atoms with Gasteiger partial charge in [-0.25, -0.2) is 0 Å². The lowest BCUT2D eigenvalue weighted by Crippen LogP contribution is -2.51. The van der Waals surface area contributed by atoms with E-state index in [0.29, 0.717) is 19.0 Å². The van der Waals surface area contributed by atoms with E-state index in [1.54, 1.807) is 0 Å². The minimum atomic E-state index is 0.112. The van der Waals surface area contributed by atoms with Crippen LogP contribution in [-0.2, 0) is 9.53 Å². The molecule has 0 spiro atoms. The summed E-state index contributed by atoms with van der Waals surface area (Å²) in [5.74, 6) is 0.785. The number of nitrogens with zero attached hydrogens (tertiary/aromatic N) is 2. The van der Waals surface area contributed by atoms with Gasteiger partial charge in [0.15, 0.2) is 0 Å². The van der Waals surface area contributed by atoms with E-state index in [1.165, 1.54) is 0 Å². The van der Waals surface area contributed by atoms with Gasteiger partial charge in [0.05, 0.1) is 19.3 Å². The van der Waals surface area contributed by atoms with Crippen molar-refractivity contribution in [2.45, 2.75) is 20.0 Å². The smallest absolute Gasteiger partial charge is 0.234 e. The summed E-state index contributed by atoms with van der Waals surface area (Å²) in [5.41, 5.74) is 0. The van der Waals surface area contributed by atoms with Crippen LogP contribution in [-0.4, -0.2) is 87.3 Å². The molecule has 2 fully saturated rings. The van der Waals surface area contributed by atoms with Crippen molar-refractivity contribution < 1.29 is 9.53 Å². The number of ether oxygens (including phenoxy) is 1. The third-order valence-electron chi connectivity index (χ3n) is 3.95. The lowest BCUT2D eigenvalue weighted by molar-refractivity contribution is -0.123. The Hall–Kier alpha value is -0.690. The lowest BCUT2D eigenvalue weighted by atomic mass is 10.2. The molecule has 6 nitrogen and oxygen atoms in total. The van der Waals surface area contributed by atoms with Gasteiger partial charge in [-0.15, -0.1) is 0 Å². The first-order chi connectivity index (χ1) is 10.1. The molecule has 0 aliphatic carbocycles. The van der Waals surface area contributed by atoms with Gasteiger partial charge in [-0.2, -0.15) is 0 Å². The molecule has 1 atom stereocenters. The fourth-order valence-corrected chi connectivity index (χ4v) is 2.94. The fourth-order valence-electron chi connectivity index (χ4n) is 2.94. The standard InChI is InChI=1S/C15H30N4O2/c1-13(2)10-19-7-8-21-14(11-19)9-17-15(20)12-18-5-3-16-4-6-18/h13-14,16H,3-12H2,1-2H3,(H,17,20). The highest BCUT2D eigenvalue weighted by molar-refractivity contribution is 5.78. The number of rotatable bonds is 6. The number of carbonyl (C=O) groups is 1. The monoisotopic (exact) mass is 298 g/mol. The van der Waals surface area contributed by atoms with Crippen LogP contribution in [0.25, 0.3) is 0 Å². The Bertz CT molecular complexity index is 319. The quantitative estimate of drug-likeness (QED) is 0.683. The maximum Gasteiger partial charge on any atom is 0.234 e. The third-order valence-corrected chi connectivity index (χ3v) is 3.95. The number of amides is 1. The van der Waals surface area contributed by atoms with Gasteiger partial charge in [0.2, 0.25) is 5.91 Å². The van der Waals surface area contributed by atoms with Crippen LogP contribution in [0.5, 0.6) is 0 Å². The van der Waals surface area contributed by atoms with Crippen LogP contribution in [0, 0.1) is 5.92 Å². The zero-order chi connectivity index (χ0) is 15.1. The van der Waals surface area contributed by atoms with Crippen LogP contribution < -0.4 is 10.6 Å². The normalized spacial score (nSPS) is 25.2. The average molecular weight is 298 g/mol. The number of carbonyl (C=O) groups excluding carboxylic acids is 1.